The van der Waals surface area contributed by atoms with Crippen molar-refractivity contribution in [2.75, 3.05) is 11.9 Å². The highest BCUT2D eigenvalue weighted by atomic mass is 35.5. The number of halogens is 1. The van der Waals surface area contributed by atoms with Gasteiger partial charge in [0.1, 0.15) is 17.1 Å². The maximum Gasteiger partial charge on any atom is 0.196 e. The molecule has 1 fully saturated rings. The van der Waals surface area contributed by atoms with Gasteiger partial charge in [0, 0.05) is 42.4 Å². The minimum atomic E-state index is -0.178. The lowest BCUT2D eigenvalue weighted by Crippen LogP contribution is -2.27. The molecular formula is C27H26ClN3O3. The van der Waals surface area contributed by atoms with Gasteiger partial charge >= 0.3 is 0 Å². The van der Waals surface area contributed by atoms with Crippen LogP contribution in [0.25, 0.3) is 11.0 Å². The molecule has 1 aliphatic rings. The molecule has 0 saturated heterocycles. The monoisotopic (exact) mass is 475 g/mol. The average Bonchev–Trinajstić information content (AvgIpc) is 3.30. The Morgan fingerprint density at radius 1 is 1.06 bits per heavy atom. The molecular weight excluding hydrogens is 450 g/mol. The van der Waals surface area contributed by atoms with E-state index in [1.165, 1.54) is 0 Å². The van der Waals surface area contributed by atoms with Crippen molar-refractivity contribution in [3.63, 3.8) is 0 Å². The zero-order valence-electron chi connectivity index (χ0n) is 18.6. The molecule has 2 aromatic carbocycles. The summed E-state index contributed by atoms with van der Waals surface area (Å²) < 4.78 is 5.84. The first kappa shape index (κ1) is 22.4. The van der Waals surface area contributed by atoms with E-state index in [1.54, 1.807) is 30.6 Å². The van der Waals surface area contributed by atoms with E-state index in [0.29, 0.717) is 45.3 Å². The summed E-state index contributed by atoms with van der Waals surface area (Å²) in [6.45, 7) is 0.249. The van der Waals surface area contributed by atoms with Crippen molar-refractivity contribution in [2.24, 2.45) is 5.92 Å². The predicted octanol–water partition coefficient (Wildman–Crippen LogP) is 6.20. The Kier molecular flexibility index (Phi) is 6.52. The molecule has 6 nitrogen and oxygen atoms in total. The zero-order valence-corrected chi connectivity index (χ0v) is 19.4. The number of carbonyl (C=O) groups excluding carboxylic acids is 1. The number of nitrogens with one attached hydrogen (secondary N) is 2. The fourth-order valence-electron chi connectivity index (χ4n) is 4.58. The molecule has 5 rings (SSSR count). The first-order chi connectivity index (χ1) is 16.6. The van der Waals surface area contributed by atoms with E-state index >= 15 is 0 Å². The number of aromatic amines is 1. The number of anilines is 1. The van der Waals surface area contributed by atoms with Crippen LogP contribution in [-0.2, 0) is 0 Å². The molecule has 2 aromatic heterocycles. The summed E-state index contributed by atoms with van der Waals surface area (Å²) in [5.74, 6) is 1.47. The van der Waals surface area contributed by atoms with Crippen molar-refractivity contribution >= 4 is 34.1 Å². The lowest BCUT2D eigenvalue weighted by molar-refractivity contribution is 0.104. The lowest BCUT2D eigenvalue weighted by atomic mass is 9.86. The third kappa shape index (κ3) is 4.65. The van der Waals surface area contributed by atoms with E-state index in [-0.39, 0.29) is 12.4 Å². The number of aromatic nitrogens is 2. The fourth-order valence-corrected chi connectivity index (χ4v) is 4.83. The van der Waals surface area contributed by atoms with Crippen LogP contribution in [0.3, 0.4) is 0 Å². The van der Waals surface area contributed by atoms with Gasteiger partial charge in [-0.3, -0.25) is 4.79 Å². The normalized spacial score (nSPS) is 18.1. The SMILES string of the molecule is O=C(c1ccc(Oc2ccccc2)cc1Cl)c1c[nH]c2nccc(N[C@H]3CC[C@H](CO)CC3)c12. The van der Waals surface area contributed by atoms with E-state index < -0.39 is 0 Å². The van der Waals surface area contributed by atoms with Crippen LogP contribution in [0, 0.1) is 5.92 Å². The molecule has 0 amide bonds. The van der Waals surface area contributed by atoms with Crippen LogP contribution in [-0.4, -0.2) is 33.5 Å². The van der Waals surface area contributed by atoms with E-state index in [1.807, 2.05) is 36.4 Å². The predicted molar refractivity (Wildman–Crippen MR) is 134 cm³/mol. The minimum Gasteiger partial charge on any atom is -0.457 e. The van der Waals surface area contributed by atoms with Gasteiger partial charge in [-0.05, 0) is 61.9 Å². The topological polar surface area (TPSA) is 87.2 Å². The molecule has 0 radical (unpaired) electrons. The summed E-state index contributed by atoms with van der Waals surface area (Å²) in [4.78, 5) is 21.0. The maximum absolute atomic E-state index is 13.5. The number of nitrogens with zero attached hydrogens (tertiary/aromatic N) is 1. The van der Waals surface area contributed by atoms with Crippen LogP contribution in [0.15, 0.2) is 67.0 Å². The number of aliphatic hydroxyl groups is 1. The molecule has 174 valence electrons. The van der Waals surface area contributed by atoms with E-state index in [9.17, 15) is 9.90 Å². The van der Waals surface area contributed by atoms with Crippen molar-refractivity contribution < 1.29 is 14.6 Å². The van der Waals surface area contributed by atoms with Gasteiger partial charge < -0.3 is 20.1 Å². The maximum atomic E-state index is 13.5. The first-order valence-corrected chi connectivity index (χ1v) is 11.9. The Morgan fingerprint density at radius 2 is 1.85 bits per heavy atom. The van der Waals surface area contributed by atoms with Crippen LogP contribution in [0.5, 0.6) is 11.5 Å². The Bertz CT molecular complexity index is 1300. The van der Waals surface area contributed by atoms with E-state index in [0.717, 1.165) is 36.8 Å². The largest absolute Gasteiger partial charge is 0.457 e. The van der Waals surface area contributed by atoms with Gasteiger partial charge in [0.15, 0.2) is 5.78 Å². The Labute approximate surface area is 202 Å². The third-order valence-corrected chi connectivity index (χ3v) is 6.76. The van der Waals surface area contributed by atoms with Crippen molar-refractivity contribution in [2.45, 2.75) is 31.7 Å². The fraction of sp³-hybridized carbons (Fsp3) is 0.259. The molecule has 2 heterocycles. The summed E-state index contributed by atoms with van der Waals surface area (Å²) in [7, 11) is 0. The molecule has 0 unspecified atom stereocenters. The van der Waals surface area contributed by atoms with E-state index in [2.05, 4.69) is 15.3 Å². The molecule has 0 bridgehead atoms. The Morgan fingerprint density at radius 3 is 2.59 bits per heavy atom. The van der Waals surface area contributed by atoms with Crippen LogP contribution in [0.2, 0.25) is 5.02 Å². The van der Waals surface area contributed by atoms with Crippen LogP contribution in [0.1, 0.15) is 41.6 Å². The summed E-state index contributed by atoms with van der Waals surface area (Å²) in [5, 5.41) is 14.1. The summed E-state index contributed by atoms with van der Waals surface area (Å²) in [6, 6.07) is 16.7. The standard InChI is InChI=1S/C27H26ClN3O3/c28-23-14-20(34-19-4-2-1-3-5-19)10-11-21(23)26(33)22-15-30-27-25(22)24(12-13-29-27)31-18-8-6-17(16-32)7-9-18/h1-5,10-15,17-18,32H,6-9,16H2,(H2,29,30,31)/t17-,18-. The van der Waals surface area contributed by atoms with Crippen LogP contribution < -0.4 is 10.1 Å². The minimum absolute atomic E-state index is 0.178. The summed E-state index contributed by atoms with van der Waals surface area (Å²) in [6.07, 6.45) is 7.38. The number of rotatable bonds is 7. The van der Waals surface area contributed by atoms with Gasteiger partial charge in [0.2, 0.25) is 0 Å². The second-order valence-electron chi connectivity index (χ2n) is 8.71. The number of fused-ring (bicyclic) bond motifs is 1. The zero-order chi connectivity index (χ0) is 23.5. The number of H-pyrrole nitrogens is 1. The van der Waals surface area contributed by atoms with Gasteiger partial charge in [-0.2, -0.15) is 0 Å². The highest BCUT2D eigenvalue weighted by molar-refractivity contribution is 6.35. The number of benzene rings is 2. The number of carbonyl (C=O) groups is 1. The number of para-hydroxylation sites is 1. The quantitative estimate of drug-likeness (QED) is 0.277. The molecule has 3 N–H and O–H groups in total. The molecule has 34 heavy (non-hydrogen) atoms. The van der Waals surface area contributed by atoms with Crippen molar-refractivity contribution in [3.05, 3.63) is 83.1 Å². The number of ether oxygens (including phenoxy) is 1. The lowest BCUT2D eigenvalue weighted by Gasteiger charge is -2.29. The number of hydrogen-bond donors (Lipinski definition) is 3. The first-order valence-electron chi connectivity index (χ1n) is 11.5. The average molecular weight is 476 g/mol. The van der Waals surface area contributed by atoms with Gasteiger partial charge in [0.05, 0.1) is 16.0 Å². The summed E-state index contributed by atoms with van der Waals surface area (Å²) >= 11 is 6.52. The van der Waals surface area contributed by atoms with Crippen LogP contribution in [0.4, 0.5) is 5.69 Å². The molecule has 1 saturated carbocycles. The molecule has 1 aliphatic carbocycles. The highest BCUT2D eigenvalue weighted by Crippen LogP contribution is 2.33. The Balaban J connectivity index is 1.40. The van der Waals surface area contributed by atoms with Gasteiger partial charge in [-0.1, -0.05) is 29.8 Å². The van der Waals surface area contributed by atoms with Crippen molar-refractivity contribution in [1.29, 1.82) is 0 Å². The number of ketones is 1. The second-order valence-corrected chi connectivity index (χ2v) is 9.12. The number of aliphatic hydroxyl groups excluding tert-OH is 1. The molecule has 7 heteroatoms. The van der Waals surface area contributed by atoms with Gasteiger partial charge in [0.25, 0.3) is 0 Å². The van der Waals surface area contributed by atoms with E-state index in [4.69, 9.17) is 16.3 Å². The summed E-state index contributed by atoms with van der Waals surface area (Å²) in [5.41, 5.74) is 2.45. The molecule has 4 aromatic rings. The number of pyridine rings is 1. The smallest absolute Gasteiger partial charge is 0.196 e. The van der Waals surface area contributed by atoms with Crippen molar-refractivity contribution in [1.82, 2.24) is 9.97 Å². The molecule has 0 spiro atoms. The van der Waals surface area contributed by atoms with Crippen molar-refractivity contribution in [3.8, 4) is 11.5 Å². The Hall–Kier alpha value is -3.35. The molecule has 0 atom stereocenters. The second kappa shape index (κ2) is 9.87. The number of hydrogen-bond acceptors (Lipinski definition) is 5. The van der Waals surface area contributed by atoms with Gasteiger partial charge in [-0.25, -0.2) is 4.98 Å². The highest BCUT2D eigenvalue weighted by Gasteiger charge is 2.24. The third-order valence-electron chi connectivity index (χ3n) is 6.45. The van der Waals surface area contributed by atoms with Crippen LogP contribution >= 0.6 is 11.6 Å². The van der Waals surface area contributed by atoms with Gasteiger partial charge in [-0.15, -0.1) is 0 Å². The molecule has 0 aliphatic heterocycles.